The van der Waals surface area contributed by atoms with Gasteiger partial charge in [-0.1, -0.05) is 25.6 Å². The zero-order valence-corrected chi connectivity index (χ0v) is 7.59. The Morgan fingerprint density at radius 2 is 1.89 bits per heavy atom. The Bertz CT molecular complexity index is 56.1. The Labute approximate surface area is 59.2 Å². The van der Waals surface area contributed by atoms with E-state index in [2.05, 4.69) is 13.1 Å². The number of rotatable bonds is 4. The molecule has 0 aliphatic heterocycles. The molecular weight excluding hydrogens is 128 g/mol. The SMILES string of the molecule is C[SiH](C)CCCC(N)N. The summed E-state index contributed by atoms with van der Waals surface area (Å²) < 4.78 is 0. The fraction of sp³-hybridized carbons (Fsp3) is 1.00. The normalized spacial score (nSPS) is 11.3. The second kappa shape index (κ2) is 4.96. The summed E-state index contributed by atoms with van der Waals surface area (Å²) in [7, 11) is -0.341. The second-order valence-electron chi connectivity index (χ2n) is 2.99. The highest BCUT2D eigenvalue weighted by molar-refractivity contribution is 6.55. The van der Waals surface area contributed by atoms with Crippen molar-refractivity contribution in [1.29, 1.82) is 0 Å². The van der Waals surface area contributed by atoms with Crippen LogP contribution in [0.3, 0.4) is 0 Å². The lowest BCUT2D eigenvalue weighted by Gasteiger charge is -2.05. The second-order valence-corrected chi connectivity index (χ2v) is 6.35. The van der Waals surface area contributed by atoms with Crippen molar-refractivity contribution in [2.45, 2.75) is 38.1 Å². The van der Waals surface area contributed by atoms with Crippen molar-refractivity contribution >= 4 is 8.80 Å². The Balaban J connectivity index is 2.91. The van der Waals surface area contributed by atoms with E-state index in [-0.39, 0.29) is 15.0 Å². The summed E-state index contributed by atoms with van der Waals surface area (Å²) in [6.07, 6.45) is 2.13. The molecule has 0 aromatic rings. The molecule has 9 heavy (non-hydrogen) atoms. The van der Waals surface area contributed by atoms with Crippen LogP contribution < -0.4 is 11.5 Å². The van der Waals surface area contributed by atoms with Gasteiger partial charge in [-0.15, -0.1) is 0 Å². The molecule has 0 aromatic heterocycles. The lowest BCUT2D eigenvalue weighted by Crippen LogP contribution is -2.30. The topological polar surface area (TPSA) is 52.0 Å². The van der Waals surface area contributed by atoms with Crippen molar-refractivity contribution in [3.8, 4) is 0 Å². The van der Waals surface area contributed by atoms with Crippen LogP contribution in [0.1, 0.15) is 12.8 Å². The summed E-state index contributed by atoms with van der Waals surface area (Å²) in [6.45, 7) is 4.70. The van der Waals surface area contributed by atoms with Crippen LogP contribution in [0, 0.1) is 0 Å². The van der Waals surface area contributed by atoms with Gasteiger partial charge >= 0.3 is 0 Å². The van der Waals surface area contributed by atoms with Gasteiger partial charge in [0.05, 0.1) is 6.17 Å². The number of hydrogen-bond donors (Lipinski definition) is 2. The summed E-state index contributed by atoms with van der Waals surface area (Å²) in [6, 6.07) is 1.38. The van der Waals surface area contributed by atoms with Crippen molar-refractivity contribution in [1.82, 2.24) is 0 Å². The van der Waals surface area contributed by atoms with E-state index in [1.807, 2.05) is 0 Å². The molecule has 0 atom stereocenters. The maximum absolute atomic E-state index is 5.37. The van der Waals surface area contributed by atoms with Crippen LogP contribution in [0.5, 0.6) is 0 Å². The molecule has 0 saturated heterocycles. The predicted octanol–water partition coefficient (Wildman–Crippen LogP) is 0.497. The molecular formula is C6H18N2Si. The van der Waals surface area contributed by atoms with E-state index in [0.717, 1.165) is 6.42 Å². The van der Waals surface area contributed by atoms with Crippen LogP contribution in [0.4, 0.5) is 0 Å². The van der Waals surface area contributed by atoms with Gasteiger partial charge in [-0.3, -0.25) is 0 Å². The standard InChI is InChI=1S/C6H18N2Si/c1-9(2)5-3-4-6(7)8/h6,9H,3-5,7-8H2,1-2H3. The molecule has 4 N–H and O–H groups in total. The summed E-state index contributed by atoms with van der Waals surface area (Å²) >= 11 is 0. The fourth-order valence-corrected chi connectivity index (χ4v) is 1.81. The average Bonchev–Trinajstić information content (AvgIpc) is 1.63. The van der Waals surface area contributed by atoms with E-state index in [1.54, 1.807) is 0 Å². The van der Waals surface area contributed by atoms with Gasteiger partial charge < -0.3 is 11.5 Å². The minimum atomic E-state index is -0.341. The lowest BCUT2D eigenvalue weighted by molar-refractivity contribution is 0.625. The Kier molecular flexibility index (Phi) is 5.04. The van der Waals surface area contributed by atoms with Gasteiger partial charge in [-0.05, 0) is 6.42 Å². The number of nitrogens with two attached hydrogens (primary N) is 2. The average molecular weight is 146 g/mol. The van der Waals surface area contributed by atoms with E-state index in [9.17, 15) is 0 Å². The first kappa shape index (κ1) is 9.14. The molecule has 0 unspecified atom stereocenters. The van der Waals surface area contributed by atoms with Crippen LogP contribution in [0.2, 0.25) is 19.1 Å². The highest BCUT2D eigenvalue weighted by Crippen LogP contribution is 2.00. The quantitative estimate of drug-likeness (QED) is 0.448. The Morgan fingerprint density at radius 3 is 2.22 bits per heavy atom. The first-order chi connectivity index (χ1) is 4.13. The highest BCUT2D eigenvalue weighted by atomic mass is 28.3. The van der Waals surface area contributed by atoms with Crippen molar-refractivity contribution in [2.75, 3.05) is 0 Å². The largest absolute Gasteiger partial charge is 0.316 e. The molecule has 0 amide bonds. The Hall–Kier alpha value is 0.137. The molecule has 0 aliphatic carbocycles. The van der Waals surface area contributed by atoms with Crippen LogP contribution >= 0.6 is 0 Å². The smallest absolute Gasteiger partial charge is 0.0520 e. The van der Waals surface area contributed by atoms with E-state index < -0.39 is 0 Å². The molecule has 0 aromatic carbocycles. The van der Waals surface area contributed by atoms with Crippen molar-refractivity contribution in [2.24, 2.45) is 11.5 Å². The van der Waals surface area contributed by atoms with E-state index in [1.165, 1.54) is 12.5 Å². The zero-order valence-electron chi connectivity index (χ0n) is 6.43. The van der Waals surface area contributed by atoms with Crippen LogP contribution in [-0.2, 0) is 0 Å². The molecule has 0 saturated carbocycles. The van der Waals surface area contributed by atoms with Gasteiger partial charge in [-0.25, -0.2) is 0 Å². The molecule has 0 rings (SSSR count). The van der Waals surface area contributed by atoms with Crippen molar-refractivity contribution < 1.29 is 0 Å². The minimum absolute atomic E-state index is 0.0854. The van der Waals surface area contributed by atoms with E-state index >= 15 is 0 Å². The molecule has 0 bridgehead atoms. The fourth-order valence-electron chi connectivity index (χ4n) is 0.762. The molecule has 2 nitrogen and oxygen atoms in total. The molecule has 0 aliphatic rings. The highest BCUT2D eigenvalue weighted by Gasteiger charge is 1.97. The summed E-state index contributed by atoms with van der Waals surface area (Å²) in [5.41, 5.74) is 10.7. The summed E-state index contributed by atoms with van der Waals surface area (Å²) in [5.74, 6) is 0. The Morgan fingerprint density at radius 1 is 1.33 bits per heavy atom. The van der Waals surface area contributed by atoms with Gasteiger partial charge in [0.1, 0.15) is 0 Å². The van der Waals surface area contributed by atoms with Gasteiger partial charge in [0.2, 0.25) is 0 Å². The third kappa shape index (κ3) is 8.14. The maximum atomic E-state index is 5.37. The van der Waals surface area contributed by atoms with Crippen LogP contribution in [-0.4, -0.2) is 15.0 Å². The third-order valence-corrected chi connectivity index (χ3v) is 2.88. The van der Waals surface area contributed by atoms with Gasteiger partial charge in [0, 0.05) is 8.80 Å². The molecule has 56 valence electrons. The van der Waals surface area contributed by atoms with Crippen LogP contribution in [0.15, 0.2) is 0 Å². The van der Waals surface area contributed by atoms with Gasteiger partial charge in [0.15, 0.2) is 0 Å². The first-order valence-electron chi connectivity index (χ1n) is 3.64. The molecule has 0 radical (unpaired) electrons. The maximum Gasteiger partial charge on any atom is 0.0520 e. The van der Waals surface area contributed by atoms with Crippen molar-refractivity contribution in [3.63, 3.8) is 0 Å². The summed E-state index contributed by atoms with van der Waals surface area (Å²) in [4.78, 5) is 0. The first-order valence-corrected chi connectivity index (χ1v) is 6.76. The third-order valence-electron chi connectivity index (χ3n) is 1.32. The molecule has 0 fully saturated rings. The minimum Gasteiger partial charge on any atom is -0.316 e. The summed E-state index contributed by atoms with van der Waals surface area (Å²) in [5, 5.41) is 0. The molecule has 0 heterocycles. The molecule has 0 spiro atoms. The monoisotopic (exact) mass is 146 g/mol. The van der Waals surface area contributed by atoms with Gasteiger partial charge in [-0.2, -0.15) is 0 Å². The predicted molar refractivity (Wildman–Crippen MR) is 45.1 cm³/mol. The van der Waals surface area contributed by atoms with Crippen molar-refractivity contribution in [3.05, 3.63) is 0 Å². The van der Waals surface area contributed by atoms with E-state index in [0.29, 0.717) is 0 Å². The lowest BCUT2D eigenvalue weighted by atomic mass is 10.3. The molecule has 3 heteroatoms. The van der Waals surface area contributed by atoms with Gasteiger partial charge in [0.25, 0.3) is 0 Å². The zero-order chi connectivity index (χ0) is 7.28. The number of hydrogen-bond acceptors (Lipinski definition) is 2. The van der Waals surface area contributed by atoms with Crippen LogP contribution in [0.25, 0.3) is 0 Å². The van der Waals surface area contributed by atoms with E-state index in [4.69, 9.17) is 11.5 Å².